The van der Waals surface area contributed by atoms with Gasteiger partial charge >= 0.3 is 0 Å². The molecule has 8 nitrogen and oxygen atoms in total. The van der Waals surface area contributed by atoms with Crippen LogP contribution in [0.15, 0.2) is 40.4 Å². The van der Waals surface area contributed by atoms with Crippen LogP contribution in [0.25, 0.3) is 16.7 Å². The summed E-state index contributed by atoms with van der Waals surface area (Å²) in [6.45, 7) is 0. The number of fused-ring (bicyclic) bond motifs is 1. The van der Waals surface area contributed by atoms with Crippen molar-refractivity contribution in [2.45, 2.75) is 43.3 Å². The fourth-order valence-electron chi connectivity index (χ4n) is 3.53. The number of ether oxygens (including phenoxy) is 1. The molecule has 0 unspecified atom stereocenters. The van der Waals surface area contributed by atoms with Gasteiger partial charge in [-0.15, -0.1) is 0 Å². The van der Waals surface area contributed by atoms with Crippen LogP contribution in [0.5, 0.6) is 5.75 Å². The van der Waals surface area contributed by atoms with Gasteiger partial charge in [0.05, 0.1) is 24.7 Å². The summed E-state index contributed by atoms with van der Waals surface area (Å²) in [6, 6.07) is 7.60. The molecule has 1 saturated carbocycles. The number of nitrogens with one attached hydrogen (secondary N) is 2. The van der Waals surface area contributed by atoms with Crippen LogP contribution in [0.1, 0.15) is 32.1 Å². The number of hydrogen-bond acceptors (Lipinski definition) is 6. The van der Waals surface area contributed by atoms with E-state index in [1.54, 1.807) is 11.8 Å². The first-order valence-corrected chi connectivity index (χ1v) is 10.7. The van der Waals surface area contributed by atoms with Crippen molar-refractivity contribution in [3.05, 3.63) is 40.8 Å². The van der Waals surface area contributed by atoms with Crippen LogP contribution in [0.4, 0.5) is 0 Å². The second-order valence-electron chi connectivity index (χ2n) is 7.05. The Morgan fingerprint density at radius 1 is 1.28 bits per heavy atom. The summed E-state index contributed by atoms with van der Waals surface area (Å²) < 4.78 is 6.79. The Morgan fingerprint density at radius 2 is 2.03 bits per heavy atom. The molecule has 1 amide bonds. The Balaban J connectivity index is 1.51. The van der Waals surface area contributed by atoms with Crippen molar-refractivity contribution in [2.24, 2.45) is 0 Å². The molecular weight excluding hydrogens is 390 g/mol. The van der Waals surface area contributed by atoms with E-state index in [2.05, 4.69) is 20.4 Å². The standard InChI is InChI=1S/C20H23N5O3S/c1-28-15-9-7-14(8-10-15)25-18-16(11-21-25)19(27)24-20(23-18)29-12-17(26)22-13-5-3-2-4-6-13/h7-11,13H,2-6,12H2,1H3,(H,22,26)(H,23,24,27). The fourth-order valence-corrected chi connectivity index (χ4v) is 4.20. The maximum atomic E-state index is 12.4. The normalized spacial score (nSPS) is 14.8. The molecule has 2 heterocycles. The minimum Gasteiger partial charge on any atom is -0.497 e. The molecule has 1 aliphatic rings. The summed E-state index contributed by atoms with van der Waals surface area (Å²) in [6.07, 6.45) is 7.15. The van der Waals surface area contributed by atoms with Crippen molar-refractivity contribution in [1.29, 1.82) is 0 Å². The summed E-state index contributed by atoms with van der Waals surface area (Å²) in [5, 5.41) is 8.17. The van der Waals surface area contributed by atoms with Crippen LogP contribution in [0.2, 0.25) is 0 Å². The third-order valence-corrected chi connectivity index (χ3v) is 5.92. The Morgan fingerprint density at radius 3 is 2.76 bits per heavy atom. The SMILES string of the molecule is COc1ccc(-n2ncc3c(=O)[nH]c(SCC(=O)NC4CCCCC4)nc32)cc1. The number of aromatic amines is 1. The smallest absolute Gasteiger partial charge is 0.262 e. The molecule has 3 aromatic rings. The number of carbonyl (C=O) groups excluding carboxylic acids is 1. The first-order chi connectivity index (χ1) is 14.1. The molecule has 2 N–H and O–H groups in total. The Labute approximate surface area is 172 Å². The molecule has 0 bridgehead atoms. The van der Waals surface area contributed by atoms with Crippen molar-refractivity contribution < 1.29 is 9.53 Å². The number of nitrogens with zero attached hydrogens (tertiary/aromatic N) is 3. The third-order valence-electron chi connectivity index (χ3n) is 5.04. The van der Waals surface area contributed by atoms with Crippen LogP contribution >= 0.6 is 11.8 Å². The molecule has 0 spiro atoms. The Kier molecular flexibility index (Phi) is 5.84. The van der Waals surface area contributed by atoms with E-state index < -0.39 is 0 Å². The molecule has 1 aliphatic carbocycles. The summed E-state index contributed by atoms with van der Waals surface area (Å²) >= 11 is 1.22. The van der Waals surface area contributed by atoms with Crippen LogP contribution in [-0.2, 0) is 4.79 Å². The predicted octanol–water partition coefficient (Wildman–Crippen LogP) is 2.66. The summed E-state index contributed by atoms with van der Waals surface area (Å²) in [5.41, 5.74) is 0.948. The number of H-pyrrole nitrogens is 1. The molecule has 1 fully saturated rings. The van der Waals surface area contributed by atoms with Crippen LogP contribution in [0, 0.1) is 0 Å². The van der Waals surface area contributed by atoms with E-state index in [9.17, 15) is 9.59 Å². The highest BCUT2D eigenvalue weighted by atomic mass is 32.2. The molecule has 0 radical (unpaired) electrons. The molecular formula is C20H23N5O3S. The highest BCUT2D eigenvalue weighted by Gasteiger charge is 2.17. The van der Waals surface area contributed by atoms with Gasteiger partial charge in [-0.25, -0.2) is 9.67 Å². The van der Waals surface area contributed by atoms with Gasteiger partial charge in [0.25, 0.3) is 5.56 Å². The van der Waals surface area contributed by atoms with Gasteiger partial charge in [0, 0.05) is 6.04 Å². The highest BCUT2D eigenvalue weighted by Crippen LogP contribution is 2.21. The van der Waals surface area contributed by atoms with E-state index in [-0.39, 0.29) is 23.3 Å². The first kappa shape index (κ1) is 19.5. The average molecular weight is 414 g/mol. The van der Waals surface area contributed by atoms with Gasteiger partial charge in [-0.2, -0.15) is 5.10 Å². The van der Waals surface area contributed by atoms with E-state index in [4.69, 9.17) is 4.74 Å². The van der Waals surface area contributed by atoms with Gasteiger partial charge in [0.1, 0.15) is 11.1 Å². The minimum atomic E-state index is -0.273. The predicted molar refractivity (Wildman–Crippen MR) is 112 cm³/mol. The van der Waals surface area contributed by atoms with Crippen molar-refractivity contribution in [3.63, 3.8) is 0 Å². The van der Waals surface area contributed by atoms with Crippen LogP contribution in [-0.4, -0.2) is 44.6 Å². The van der Waals surface area contributed by atoms with Crippen molar-refractivity contribution >= 4 is 28.7 Å². The lowest BCUT2D eigenvalue weighted by Crippen LogP contribution is -2.37. The van der Waals surface area contributed by atoms with Gasteiger partial charge in [-0.1, -0.05) is 31.0 Å². The number of hydrogen-bond donors (Lipinski definition) is 2. The van der Waals surface area contributed by atoms with Gasteiger partial charge < -0.3 is 15.0 Å². The maximum absolute atomic E-state index is 12.4. The Hall–Kier alpha value is -2.81. The lowest BCUT2D eigenvalue weighted by atomic mass is 9.95. The number of methoxy groups -OCH3 is 1. The number of carbonyl (C=O) groups is 1. The number of thioether (sulfide) groups is 1. The third kappa shape index (κ3) is 4.45. The van der Waals surface area contributed by atoms with Gasteiger partial charge in [-0.3, -0.25) is 9.59 Å². The zero-order chi connectivity index (χ0) is 20.2. The van der Waals surface area contributed by atoms with Gasteiger partial charge in [-0.05, 0) is 37.1 Å². The number of benzene rings is 1. The molecule has 0 aliphatic heterocycles. The number of aromatic nitrogens is 4. The lowest BCUT2D eigenvalue weighted by molar-refractivity contribution is -0.119. The van der Waals surface area contributed by atoms with Crippen molar-refractivity contribution in [1.82, 2.24) is 25.1 Å². The molecule has 0 saturated heterocycles. The van der Waals surface area contributed by atoms with Crippen molar-refractivity contribution in [2.75, 3.05) is 12.9 Å². The molecule has 2 aromatic heterocycles. The van der Waals surface area contributed by atoms with Crippen molar-refractivity contribution in [3.8, 4) is 11.4 Å². The second kappa shape index (κ2) is 8.69. The summed E-state index contributed by atoms with van der Waals surface area (Å²) in [5.74, 6) is 0.909. The van der Waals surface area contributed by atoms with Crippen LogP contribution in [0.3, 0.4) is 0 Å². The molecule has 4 rings (SSSR count). The second-order valence-corrected chi connectivity index (χ2v) is 8.02. The van der Waals surface area contributed by atoms with E-state index in [0.717, 1.165) is 24.3 Å². The van der Waals surface area contributed by atoms with E-state index in [1.807, 2.05) is 24.3 Å². The topological polar surface area (TPSA) is 102 Å². The molecule has 9 heteroatoms. The molecule has 29 heavy (non-hydrogen) atoms. The Bertz CT molecular complexity index is 1050. The summed E-state index contributed by atoms with van der Waals surface area (Å²) in [4.78, 5) is 31.9. The van der Waals surface area contributed by atoms with E-state index in [0.29, 0.717) is 16.2 Å². The number of amides is 1. The lowest BCUT2D eigenvalue weighted by Gasteiger charge is -2.22. The molecule has 0 atom stereocenters. The average Bonchev–Trinajstić information content (AvgIpc) is 3.18. The molecule has 1 aromatic carbocycles. The van der Waals surface area contributed by atoms with Crippen LogP contribution < -0.4 is 15.6 Å². The van der Waals surface area contributed by atoms with Gasteiger partial charge in [0.15, 0.2) is 10.8 Å². The molecule has 152 valence electrons. The highest BCUT2D eigenvalue weighted by molar-refractivity contribution is 7.99. The zero-order valence-corrected chi connectivity index (χ0v) is 17.0. The zero-order valence-electron chi connectivity index (χ0n) is 16.2. The minimum absolute atomic E-state index is 0.0340. The summed E-state index contributed by atoms with van der Waals surface area (Å²) in [7, 11) is 1.60. The monoisotopic (exact) mass is 413 g/mol. The first-order valence-electron chi connectivity index (χ1n) is 9.68. The number of rotatable bonds is 6. The van der Waals surface area contributed by atoms with E-state index >= 15 is 0 Å². The largest absolute Gasteiger partial charge is 0.497 e. The maximum Gasteiger partial charge on any atom is 0.262 e. The van der Waals surface area contributed by atoms with E-state index in [1.165, 1.54) is 37.2 Å². The fraction of sp³-hybridized carbons (Fsp3) is 0.400. The quantitative estimate of drug-likeness (QED) is 0.476. The van der Waals surface area contributed by atoms with Gasteiger partial charge in [0.2, 0.25) is 5.91 Å².